The first-order valence-electron chi connectivity index (χ1n) is 17.0. The Balaban J connectivity index is 0.000000127. The van der Waals surface area contributed by atoms with Gasteiger partial charge in [0.05, 0.1) is 58.2 Å². The van der Waals surface area contributed by atoms with E-state index in [9.17, 15) is 0 Å². The fourth-order valence-electron chi connectivity index (χ4n) is 7.58. The van der Waals surface area contributed by atoms with E-state index in [2.05, 4.69) is 75.8 Å². The molecule has 46 heavy (non-hydrogen) atoms. The highest BCUT2D eigenvalue weighted by atomic mass is 15.5. The fourth-order valence-corrected chi connectivity index (χ4v) is 7.58. The number of nitrogens with zero attached hydrogens (tertiary/aromatic N) is 12. The second kappa shape index (κ2) is 11.7. The van der Waals surface area contributed by atoms with Gasteiger partial charge in [0.15, 0.2) is 0 Å². The van der Waals surface area contributed by atoms with E-state index in [-0.39, 0.29) is 0 Å². The van der Waals surface area contributed by atoms with Crippen molar-refractivity contribution in [2.24, 2.45) is 0 Å². The molecule has 2 saturated carbocycles. The third kappa shape index (κ3) is 5.09. The Morgan fingerprint density at radius 3 is 1.67 bits per heavy atom. The van der Waals surface area contributed by atoms with Crippen LogP contribution >= 0.6 is 0 Å². The highest BCUT2D eigenvalue weighted by Gasteiger charge is 2.28. The summed E-state index contributed by atoms with van der Waals surface area (Å²) in [6.45, 7) is 6.66. The van der Waals surface area contributed by atoms with Gasteiger partial charge in [-0.2, -0.15) is 15.0 Å². The molecule has 6 heterocycles. The molecule has 4 aliphatic rings. The van der Waals surface area contributed by atoms with E-state index in [4.69, 9.17) is 9.97 Å². The van der Waals surface area contributed by atoms with E-state index in [0.717, 1.165) is 86.6 Å². The van der Waals surface area contributed by atoms with Gasteiger partial charge < -0.3 is 9.13 Å². The van der Waals surface area contributed by atoms with Crippen LogP contribution in [0.4, 0.5) is 0 Å². The number of hydrogen-bond donors (Lipinski definition) is 0. The molecule has 236 valence electrons. The second-order valence-electron chi connectivity index (χ2n) is 13.1. The van der Waals surface area contributed by atoms with Crippen molar-refractivity contribution in [3.63, 3.8) is 0 Å². The molecule has 6 aromatic rings. The van der Waals surface area contributed by atoms with E-state index in [1.165, 1.54) is 61.2 Å². The standard InChI is InChI=1S/2C17H20N6/c1-2-13(3-1)21-9-6-17-20-15-12-14(23-18-7-8-19-23)4-5-16(15)22(17)11-10-21;1-2-13(3-1)21-8-6-17-19-15-12-14(23-9-7-18-20-23)4-5-16(15)22(17)11-10-21/h4-5,7-8,12-13H,1-3,6,9-11H2;4-5,7,9,12-13H,1-3,6,8,10-11H2. The van der Waals surface area contributed by atoms with Crippen molar-refractivity contribution in [3.8, 4) is 11.4 Å². The molecule has 2 fully saturated rings. The minimum atomic E-state index is 0.823. The molecule has 2 aliphatic heterocycles. The van der Waals surface area contributed by atoms with Crippen LogP contribution in [0.5, 0.6) is 0 Å². The Morgan fingerprint density at radius 1 is 0.587 bits per heavy atom. The van der Waals surface area contributed by atoms with Gasteiger partial charge in [-0.25, -0.2) is 14.6 Å². The number of fused-ring (bicyclic) bond motifs is 6. The third-order valence-corrected chi connectivity index (χ3v) is 10.6. The van der Waals surface area contributed by atoms with Crippen LogP contribution in [0.2, 0.25) is 0 Å². The first-order valence-corrected chi connectivity index (χ1v) is 17.0. The summed E-state index contributed by atoms with van der Waals surface area (Å²) in [6, 6.07) is 14.3. The quantitative estimate of drug-likeness (QED) is 0.292. The molecule has 0 saturated heterocycles. The zero-order valence-corrected chi connectivity index (χ0v) is 26.2. The lowest BCUT2D eigenvalue weighted by atomic mass is 9.91. The van der Waals surface area contributed by atoms with Gasteiger partial charge in [0.1, 0.15) is 11.6 Å². The Labute approximate surface area is 267 Å². The Kier molecular flexibility index (Phi) is 7.11. The summed E-state index contributed by atoms with van der Waals surface area (Å²) in [5, 5.41) is 16.3. The number of rotatable bonds is 4. The van der Waals surface area contributed by atoms with Crippen molar-refractivity contribution in [1.29, 1.82) is 0 Å². The molecule has 2 aliphatic carbocycles. The van der Waals surface area contributed by atoms with Crippen molar-refractivity contribution in [3.05, 3.63) is 72.8 Å². The van der Waals surface area contributed by atoms with Crippen LogP contribution in [0.15, 0.2) is 61.2 Å². The summed E-state index contributed by atoms with van der Waals surface area (Å²) < 4.78 is 6.58. The van der Waals surface area contributed by atoms with Gasteiger partial charge in [0.2, 0.25) is 0 Å². The normalized spacial score (nSPS) is 19.5. The molecule has 0 bridgehead atoms. The number of hydrogen-bond acceptors (Lipinski definition) is 8. The Bertz CT molecular complexity index is 1800. The summed E-state index contributed by atoms with van der Waals surface area (Å²) in [5.74, 6) is 2.44. The van der Waals surface area contributed by atoms with E-state index in [0.29, 0.717) is 0 Å². The Hall–Kier alpha value is -4.42. The summed E-state index contributed by atoms with van der Waals surface area (Å²) in [5.41, 5.74) is 6.55. The highest BCUT2D eigenvalue weighted by Crippen LogP contribution is 2.29. The van der Waals surface area contributed by atoms with Crippen molar-refractivity contribution in [1.82, 2.24) is 58.9 Å². The Morgan fingerprint density at radius 2 is 1.15 bits per heavy atom. The molecular formula is C34H40N12. The van der Waals surface area contributed by atoms with Crippen LogP contribution in [0.3, 0.4) is 0 Å². The molecule has 4 aromatic heterocycles. The highest BCUT2D eigenvalue weighted by molar-refractivity contribution is 5.79. The first-order chi connectivity index (χ1) is 22.8. The molecule has 12 heteroatoms. The lowest BCUT2D eigenvalue weighted by Crippen LogP contribution is -2.41. The zero-order chi connectivity index (χ0) is 30.5. The van der Waals surface area contributed by atoms with Crippen molar-refractivity contribution < 1.29 is 0 Å². The average Bonchev–Trinajstić information content (AvgIpc) is 3.82. The molecule has 2 aromatic carbocycles. The predicted octanol–water partition coefficient (Wildman–Crippen LogP) is 4.06. The average molecular weight is 617 g/mol. The monoisotopic (exact) mass is 616 g/mol. The van der Waals surface area contributed by atoms with E-state index in [1.807, 2.05) is 6.20 Å². The van der Waals surface area contributed by atoms with E-state index in [1.54, 1.807) is 28.1 Å². The maximum absolute atomic E-state index is 4.90. The second-order valence-corrected chi connectivity index (χ2v) is 13.1. The fraction of sp³-hybridized carbons (Fsp3) is 0.471. The predicted molar refractivity (Wildman–Crippen MR) is 175 cm³/mol. The third-order valence-electron chi connectivity index (χ3n) is 10.6. The molecule has 0 radical (unpaired) electrons. The number of aromatic nitrogens is 10. The van der Waals surface area contributed by atoms with Gasteiger partial charge in [0.25, 0.3) is 0 Å². The molecule has 10 rings (SSSR count). The smallest absolute Gasteiger partial charge is 0.111 e. The summed E-state index contributed by atoms with van der Waals surface area (Å²) in [7, 11) is 0. The van der Waals surface area contributed by atoms with Crippen molar-refractivity contribution >= 4 is 22.1 Å². The van der Waals surface area contributed by atoms with Gasteiger partial charge in [-0.05, 0) is 62.1 Å². The molecular weight excluding hydrogens is 576 g/mol. The maximum Gasteiger partial charge on any atom is 0.111 e. The van der Waals surface area contributed by atoms with Crippen LogP contribution in [0.25, 0.3) is 33.4 Å². The molecule has 0 unspecified atom stereocenters. The zero-order valence-electron chi connectivity index (χ0n) is 26.2. The number of benzene rings is 2. The van der Waals surface area contributed by atoms with Crippen LogP contribution in [-0.2, 0) is 25.9 Å². The van der Waals surface area contributed by atoms with E-state index < -0.39 is 0 Å². The number of imidazole rings is 2. The molecule has 12 nitrogen and oxygen atoms in total. The minimum absolute atomic E-state index is 0.823. The minimum Gasteiger partial charge on any atom is -0.327 e. The SMILES string of the molecule is c1cn(-c2ccc3c(c2)nc2n3CCN(C3CCC3)CC2)nn1.c1cnn(-c2ccc3c(c2)nc2n3CCN(C3CCC3)CC2)n1. The van der Waals surface area contributed by atoms with Crippen LogP contribution in [0, 0.1) is 0 Å². The van der Waals surface area contributed by atoms with Gasteiger partial charge in [-0.3, -0.25) is 9.80 Å². The van der Waals surface area contributed by atoms with Gasteiger partial charge in [-0.15, -0.1) is 5.10 Å². The summed E-state index contributed by atoms with van der Waals surface area (Å²) in [6.07, 6.45) is 17.4. The summed E-state index contributed by atoms with van der Waals surface area (Å²) in [4.78, 5) is 16.7. The largest absolute Gasteiger partial charge is 0.327 e. The maximum atomic E-state index is 4.90. The molecule has 0 spiro atoms. The molecule has 0 N–H and O–H groups in total. The molecule has 0 amide bonds. The van der Waals surface area contributed by atoms with Crippen LogP contribution in [-0.4, -0.2) is 97.2 Å². The summed E-state index contributed by atoms with van der Waals surface area (Å²) >= 11 is 0. The van der Waals surface area contributed by atoms with Crippen molar-refractivity contribution in [2.45, 2.75) is 76.5 Å². The lowest BCUT2D eigenvalue weighted by molar-refractivity contribution is 0.130. The van der Waals surface area contributed by atoms with Crippen LogP contribution in [0.1, 0.15) is 50.2 Å². The van der Waals surface area contributed by atoms with Gasteiger partial charge >= 0.3 is 0 Å². The van der Waals surface area contributed by atoms with Gasteiger partial charge in [-0.1, -0.05) is 18.1 Å². The lowest BCUT2D eigenvalue weighted by Gasteiger charge is -2.36. The first kappa shape index (κ1) is 27.9. The van der Waals surface area contributed by atoms with Crippen molar-refractivity contribution in [2.75, 3.05) is 26.2 Å². The van der Waals surface area contributed by atoms with Crippen LogP contribution < -0.4 is 0 Å². The topological polar surface area (TPSA) is 104 Å². The van der Waals surface area contributed by atoms with Gasteiger partial charge in [0, 0.05) is 64.2 Å². The van der Waals surface area contributed by atoms with E-state index >= 15 is 0 Å². The molecule has 0 atom stereocenters.